The van der Waals surface area contributed by atoms with Gasteiger partial charge in [0.15, 0.2) is 0 Å². The van der Waals surface area contributed by atoms with Crippen LogP contribution in [0.3, 0.4) is 0 Å². The summed E-state index contributed by atoms with van der Waals surface area (Å²) in [4.78, 5) is 70.2. The summed E-state index contributed by atoms with van der Waals surface area (Å²) < 4.78 is 0. The summed E-state index contributed by atoms with van der Waals surface area (Å²) in [6, 6.07) is 31.3. The third-order valence-electron chi connectivity index (χ3n) is 10.9. The number of imidazole rings is 2. The number of carbonyl (C=O) groups is 4. The molecule has 4 aromatic carbocycles. The number of amides is 4. The first-order valence-corrected chi connectivity index (χ1v) is 19.2. The fourth-order valence-corrected chi connectivity index (χ4v) is 8.06. The predicted octanol–water partition coefficient (Wildman–Crippen LogP) is 7.48. The minimum absolute atomic E-state index is 0.306. The first-order valence-electron chi connectivity index (χ1n) is 19.2. The zero-order valence-electron chi connectivity index (χ0n) is 31.4. The van der Waals surface area contributed by atoms with Gasteiger partial charge in [0.2, 0.25) is 0 Å². The van der Waals surface area contributed by atoms with Gasteiger partial charge < -0.3 is 40.6 Å². The maximum atomic E-state index is 13.7. The highest BCUT2D eigenvalue weighted by Crippen LogP contribution is 2.36. The van der Waals surface area contributed by atoms with Crippen molar-refractivity contribution in [2.75, 3.05) is 13.1 Å². The van der Waals surface area contributed by atoms with Gasteiger partial charge >= 0.3 is 12.2 Å². The van der Waals surface area contributed by atoms with Crippen LogP contribution in [0.1, 0.15) is 72.6 Å². The highest BCUT2D eigenvalue weighted by molar-refractivity contribution is 5.88. The van der Waals surface area contributed by atoms with Gasteiger partial charge in [-0.05, 0) is 59.1 Å². The molecule has 0 aliphatic carbocycles. The minimum atomic E-state index is -1.26. The lowest BCUT2D eigenvalue weighted by molar-refractivity contribution is -0.135. The maximum Gasteiger partial charge on any atom is 0.405 e. The van der Waals surface area contributed by atoms with Crippen LogP contribution in [-0.4, -0.2) is 77.0 Å². The number of benzene rings is 4. The second-order valence-electron chi connectivity index (χ2n) is 14.5. The molecule has 0 bridgehead atoms. The highest BCUT2D eigenvalue weighted by Gasteiger charge is 2.38. The smallest absolute Gasteiger partial charge is 0.405 e. The number of aromatic nitrogens is 4. The van der Waals surface area contributed by atoms with E-state index in [-0.39, 0.29) is 23.9 Å². The van der Waals surface area contributed by atoms with E-state index in [1.54, 1.807) is 70.7 Å². The third kappa shape index (κ3) is 7.89. The number of H-pyrrole nitrogens is 2. The van der Waals surface area contributed by atoms with Gasteiger partial charge in [0.05, 0.1) is 35.9 Å². The molecule has 294 valence electrons. The van der Waals surface area contributed by atoms with Crippen LogP contribution in [0.4, 0.5) is 9.59 Å². The summed E-state index contributed by atoms with van der Waals surface area (Å²) in [6.45, 7) is 1.01. The van der Waals surface area contributed by atoms with E-state index >= 15 is 0 Å². The molecule has 2 fully saturated rings. The van der Waals surface area contributed by atoms with Gasteiger partial charge in [0, 0.05) is 13.1 Å². The van der Waals surface area contributed by atoms with Crippen LogP contribution in [-0.2, 0) is 9.59 Å². The molecular weight excluding hydrogens is 737 g/mol. The van der Waals surface area contributed by atoms with Crippen molar-refractivity contribution >= 4 is 24.0 Å². The van der Waals surface area contributed by atoms with Crippen molar-refractivity contribution in [1.29, 1.82) is 0 Å². The van der Waals surface area contributed by atoms with Gasteiger partial charge in [-0.1, -0.05) is 109 Å². The van der Waals surface area contributed by atoms with Gasteiger partial charge in [-0.3, -0.25) is 9.59 Å². The Morgan fingerprint density at radius 1 is 0.552 bits per heavy atom. The van der Waals surface area contributed by atoms with Crippen LogP contribution in [0.2, 0.25) is 0 Å². The van der Waals surface area contributed by atoms with Crippen molar-refractivity contribution in [3.05, 3.63) is 144 Å². The van der Waals surface area contributed by atoms with E-state index in [4.69, 9.17) is 0 Å². The summed E-state index contributed by atoms with van der Waals surface area (Å²) >= 11 is 0. The Labute approximate surface area is 334 Å². The molecule has 2 aliphatic rings. The van der Waals surface area contributed by atoms with Crippen molar-refractivity contribution in [2.24, 2.45) is 0 Å². The van der Waals surface area contributed by atoms with Crippen LogP contribution in [0.5, 0.6) is 0 Å². The molecule has 6 N–H and O–H groups in total. The molecular formula is C44H42N8O6. The van der Waals surface area contributed by atoms with Crippen molar-refractivity contribution in [3.63, 3.8) is 0 Å². The number of nitrogens with one attached hydrogen (secondary N) is 4. The lowest BCUT2D eigenvalue weighted by Crippen LogP contribution is -2.42. The van der Waals surface area contributed by atoms with Crippen molar-refractivity contribution in [3.8, 4) is 33.6 Å². The quantitative estimate of drug-likeness (QED) is 0.0778. The number of hydrogen-bond donors (Lipinski definition) is 6. The third-order valence-corrected chi connectivity index (χ3v) is 10.9. The van der Waals surface area contributed by atoms with Crippen molar-refractivity contribution < 1.29 is 29.4 Å². The Morgan fingerprint density at radius 3 is 1.28 bits per heavy atom. The second-order valence-corrected chi connectivity index (χ2v) is 14.5. The van der Waals surface area contributed by atoms with Crippen LogP contribution in [0.15, 0.2) is 122 Å². The van der Waals surface area contributed by atoms with E-state index in [1.807, 2.05) is 60.7 Å². The van der Waals surface area contributed by atoms with Gasteiger partial charge in [0.1, 0.15) is 23.7 Å². The molecule has 8 rings (SSSR count). The molecule has 2 saturated heterocycles. The first kappa shape index (κ1) is 37.7. The fourth-order valence-electron chi connectivity index (χ4n) is 8.06. The standard InChI is InChI=1S/C44H42N8O6/c53-41(37(49-43(55)56)31-9-3-1-4-10-31)51-23-7-13-35(51)39-45-25-33(47-39)29-19-15-27(16-20-29)28-17-21-30(22-18-28)34-26-46-40(48-34)36-14-8-24-52(36)42(54)38(50-44(57)58)32-11-5-2-6-12-32/h1-6,9-12,15-22,25-26,35-38,49-50H,7-8,13-14,23-24H2,(H,45,47)(H,46,48)(H,55,56)(H,57,58)/t35-,36+,37?,38?. The number of aromatic amines is 2. The molecule has 4 atom stereocenters. The number of nitrogens with zero attached hydrogens (tertiary/aromatic N) is 4. The summed E-state index contributed by atoms with van der Waals surface area (Å²) in [6.07, 6.45) is 3.97. The molecule has 2 unspecified atom stereocenters. The SMILES string of the molecule is O=C(O)NC(C(=O)N1CCC[C@@H]1c1ncc(-c2ccc(-c3ccc(-c4cnc([C@@H]5CCCN5C(=O)C(NC(=O)O)c5ccccc5)[nH]4)cc3)cc2)[nH]1)c1ccccc1. The Balaban J connectivity index is 0.929. The topological polar surface area (TPSA) is 197 Å². The van der Waals surface area contributed by atoms with Crippen LogP contribution in [0, 0.1) is 0 Å². The molecule has 14 heteroatoms. The zero-order valence-corrected chi connectivity index (χ0v) is 31.4. The van der Waals surface area contributed by atoms with Crippen LogP contribution >= 0.6 is 0 Å². The second kappa shape index (κ2) is 16.5. The van der Waals surface area contributed by atoms with E-state index in [0.717, 1.165) is 46.5 Å². The number of likely N-dealkylation sites (tertiary alicyclic amines) is 2. The average Bonchev–Trinajstić information content (AvgIpc) is 4.09. The van der Waals surface area contributed by atoms with Crippen molar-refractivity contribution in [2.45, 2.75) is 49.9 Å². The number of hydrogen-bond acceptors (Lipinski definition) is 6. The molecule has 2 aromatic heterocycles. The lowest BCUT2D eigenvalue weighted by Gasteiger charge is -2.28. The first-order chi connectivity index (χ1) is 28.2. The summed E-state index contributed by atoms with van der Waals surface area (Å²) in [7, 11) is 0. The summed E-state index contributed by atoms with van der Waals surface area (Å²) in [5.74, 6) is 0.690. The van der Waals surface area contributed by atoms with E-state index in [9.17, 15) is 29.4 Å². The van der Waals surface area contributed by atoms with E-state index in [2.05, 4.69) is 30.6 Å². The summed E-state index contributed by atoms with van der Waals surface area (Å²) in [5, 5.41) is 23.8. The minimum Gasteiger partial charge on any atom is -0.465 e. The normalized spacial score (nSPS) is 17.4. The Hall–Kier alpha value is -7.22. The Morgan fingerprint density at radius 2 is 0.914 bits per heavy atom. The Kier molecular flexibility index (Phi) is 10.7. The fraction of sp³-hybridized carbons (Fsp3) is 0.227. The molecule has 6 aromatic rings. The largest absolute Gasteiger partial charge is 0.465 e. The van der Waals surface area contributed by atoms with E-state index in [1.165, 1.54) is 0 Å². The maximum absolute atomic E-state index is 13.7. The van der Waals surface area contributed by atoms with Gasteiger partial charge in [-0.25, -0.2) is 19.6 Å². The average molecular weight is 779 g/mol. The van der Waals surface area contributed by atoms with E-state index in [0.29, 0.717) is 48.7 Å². The highest BCUT2D eigenvalue weighted by atomic mass is 16.4. The molecule has 4 amide bonds. The molecule has 0 saturated carbocycles. The van der Waals surface area contributed by atoms with Crippen LogP contribution in [0.25, 0.3) is 33.6 Å². The Bertz CT molecular complexity index is 2230. The van der Waals surface area contributed by atoms with Crippen molar-refractivity contribution in [1.82, 2.24) is 40.4 Å². The van der Waals surface area contributed by atoms with Gasteiger partial charge in [0.25, 0.3) is 11.8 Å². The number of carboxylic acid groups (broad SMARTS) is 2. The molecule has 0 radical (unpaired) electrons. The molecule has 4 heterocycles. The molecule has 14 nitrogen and oxygen atoms in total. The van der Waals surface area contributed by atoms with Gasteiger partial charge in [-0.2, -0.15) is 0 Å². The predicted molar refractivity (Wildman–Crippen MR) is 215 cm³/mol. The lowest BCUT2D eigenvalue weighted by atomic mass is 10.0. The van der Waals surface area contributed by atoms with E-state index < -0.39 is 24.3 Å². The van der Waals surface area contributed by atoms with Crippen LogP contribution < -0.4 is 10.6 Å². The van der Waals surface area contributed by atoms with Gasteiger partial charge in [-0.15, -0.1) is 0 Å². The monoisotopic (exact) mass is 778 g/mol. The number of carbonyl (C=O) groups excluding carboxylic acids is 2. The molecule has 58 heavy (non-hydrogen) atoms. The zero-order chi connectivity index (χ0) is 40.2. The number of rotatable bonds is 11. The summed E-state index contributed by atoms with van der Waals surface area (Å²) in [5.41, 5.74) is 6.70. The molecule has 2 aliphatic heterocycles. The molecule has 0 spiro atoms.